The van der Waals surface area contributed by atoms with E-state index in [-0.39, 0.29) is 17.0 Å². The van der Waals surface area contributed by atoms with E-state index in [1.165, 1.54) is 0 Å². The van der Waals surface area contributed by atoms with Crippen LogP contribution in [0.1, 0.15) is 25.3 Å². The maximum absolute atomic E-state index is 12.3. The van der Waals surface area contributed by atoms with Gasteiger partial charge < -0.3 is 10.4 Å². The van der Waals surface area contributed by atoms with Crippen molar-refractivity contribution >= 4 is 29.2 Å². The van der Waals surface area contributed by atoms with E-state index in [4.69, 9.17) is 11.6 Å². The highest BCUT2D eigenvalue weighted by Gasteiger charge is 2.41. The Kier molecular flexibility index (Phi) is 4.28. The zero-order valence-corrected chi connectivity index (χ0v) is 12.1. The first kappa shape index (κ1) is 14.8. The molecule has 6 heteroatoms. The molecular formula is C14H17ClN2O3. The first-order valence-corrected chi connectivity index (χ1v) is 6.92. The second-order valence-electron chi connectivity index (χ2n) is 5.41. The van der Waals surface area contributed by atoms with E-state index in [9.17, 15) is 14.7 Å². The predicted octanol–water partition coefficient (Wildman–Crippen LogP) is 2.73. The number of pyridine rings is 1. The molecule has 0 aliphatic heterocycles. The standard InChI is InChI=1S/C14H17ClN2O3/c1-7-5-9(10(6-7)14(19)20)13(18)17-11-8(2)3-4-16-12(11)15/h3-4,7,9-10H,5-6H2,1-2H3,(H,17,18)(H,19,20)/t7?,9-,10+/m0/s1. The lowest BCUT2D eigenvalue weighted by Gasteiger charge is -2.17. The van der Waals surface area contributed by atoms with Crippen LogP contribution in [0.4, 0.5) is 5.69 Å². The van der Waals surface area contributed by atoms with Crippen molar-refractivity contribution in [2.45, 2.75) is 26.7 Å². The summed E-state index contributed by atoms with van der Waals surface area (Å²) in [5.74, 6) is -2.11. The first-order chi connectivity index (χ1) is 9.40. The summed E-state index contributed by atoms with van der Waals surface area (Å²) in [6, 6.07) is 1.74. The molecule has 0 radical (unpaired) electrons. The van der Waals surface area contributed by atoms with Gasteiger partial charge in [0.25, 0.3) is 0 Å². The molecule has 1 aromatic heterocycles. The second kappa shape index (κ2) is 5.79. The summed E-state index contributed by atoms with van der Waals surface area (Å²) in [4.78, 5) is 27.5. The largest absolute Gasteiger partial charge is 0.481 e. The minimum absolute atomic E-state index is 0.219. The second-order valence-corrected chi connectivity index (χ2v) is 5.77. The number of nitrogens with one attached hydrogen (secondary N) is 1. The van der Waals surface area contributed by atoms with Crippen molar-refractivity contribution in [3.05, 3.63) is 23.0 Å². The number of rotatable bonds is 3. The molecule has 2 rings (SSSR count). The molecular weight excluding hydrogens is 280 g/mol. The van der Waals surface area contributed by atoms with Crippen LogP contribution in [0.25, 0.3) is 0 Å². The van der Waals surface area contributed by atoms with Crippen LogP contribution in [-0.2, 0) is 9.59 Å². The highest BCUT2D eigenvalue weighted by molar-refractivity contribution is 6.32. The van der Waals surface area contributed by atoms with Crippen molar-refractivity contribution in [3.8, 4) is 0 Å². The topological polar surface area (TPSA) is 79.3 Å². The third-order valence-corrected chi connectivity index (χ3v) is 4.10. The summed E-state index contributed by atoms with van der Waals surface area (Å²) in [5.41, 5.74) is 1.26. The molecule has 1 aliphatic rings. The van der Waals surface area contributed by atoms with E-state index in [0.29, 0.717) is 18.5 Å². The number of anilines is 1. The van der Waals surface area contributed by atoms with Gasteiger partial charge in [0.15, 0.2) is 5.15 Å². The summed E-state index contributed by atoms with van der Waals surface area (Å²) in [5, 5.41) is 12.2. The van der Waals surface area contributed by atoms with Crippen molar-refractivity contribution in [2.75, 3.05) is 5.32 Å². The fraction of sp³-hybridized carbons (Fsp3) is 0.500. The maximum Gasteiger partial charge on any atom is 0.307 e. The summed E-state index contributed by atoms with van der Waals surface area (Å²) >= 11 is 5.97. The molecule has 1 amide bonds. The Morgan fingerprint density at radius 2 is 2.05 bits per heavy atom. The molecule has 1 aliphatic carbocycles. The summed E-state index contributed by atoms with van der Waals surface area (Å²) < 4.78 is 0. The van der Waals surface area contributed by atoms with E-state index in [1.807, 2.05) is 13.8 Å². The molecule has 1 unspecified atom stereocenters. The number of amides is 1. The molecule has 0 aromatic carbocycles. The minimum Gasteiger partial charge on any atom is -0.481 e. The fourth-order valence-corrected chi connectivity index (χ4v) is 3.00. The van der Waals surface area contributed by atoms with Gasteiger partial charge >= 0.3 is 5.97 Å². The summed E-state index contributed by atoms with van der Waals surface area (Å²) in [6.45, 7) is 3.78. The molecule has 0 saturated heterocycles. The lowest BCUT2D eigenvalue weighted by atomic mass is 9.95. The Balaban J connectivity index is 2.18. The lowest BCUT2D eigenvalue weighted by Crippen LogP contribution is -2.30. The van der Waals surface area contributed by atoms with Crippen molar-refractivity contribution in [2.24, 2.45) is 17.8 Å². The number of aliphatic carboxylic acids is 1. The van der Waals surface area contributed by atoms with Gasteiger partial charge in [0.1, 0.15) is 0 Å². The van der Waals surface area contributed by atoms with Gasteiger partial charge in [-0.15, -0.1) is 0 Å². The number of hydrogen-bond acceptors (Lipinski definition) is 3. The van der Waals surface area contributed by atoms with Gasteiger partial charge in [0, 0.05) is 6.20 Å². The first-order valence-electron chi connectivity index (χ1n) is 6.55. The smallest absolute Gasteiger partial charge is 0.307 e. The van der Waals surface area contributed by atoms with E-state index in [1.54, 1.807) is 12.3 Å². The van der Waals surface area contributed by atoms with Crippen LogP contribution < -0.4 is 5.32 Å². The van der Waals surface area contributed by atoms with E-state index < -0.39 is 17.8 Å². The van der Waals surface area contributed by atoms with Crippen LogP contribution in [0.5, 0.6) is 0 Å². The molecule has 0 spiro atoms. The lowest BCUT2D eigenvalue weighted by molar-refractivity contribution is -0.145. The number of carbonyl (C=O) groups is 2. The van der Waals surface area contributed by atoms with Gasteiger partial charge in [0.05, 0.1) is 17.5 Å². The molecule has 0 bridgehead atoms. The molecule has 1 fully saturated rings. The van der Waals surface area contributed by atoms with Crippen molar-refractivity contribution < 1.29 is 14.7 Å². The molecule has 2 N–H and O–H groups in total. The molecule has 1 saturated carbocycles. The van der Waals surface area contributed by atoms with Gasteiger partial charge in [-0.2, -0.15) is 0 Å². The van der Waals surface area contributed by atoms with Gasteiger partial charge in [-0.25, -0.2) is 4.98 Å². The van der Waals surface area contributed by atoms with E-state index in [0.717, 1.165) is 5.56 Å². The SMILES string of the molecule is Cc1ccnc(Cl)c1NC(=O)[C@H]1CC(C)C[C@H]1C(=O)O. The molecule has 20 heavy (non-hydrogen) atoms. The van der Waals surface area contributed by atoms with Gasteiger partial charge in [-0.1, -0.05) is 18.5 Å². The van der Waals surface area contributed by atoms with Gasteiger partial charge in [-0.05, 0) is 37.3 Å². The Morgan fingerprint density at radius 1 is 1.40 bits per heavy atom. The number of carboxylic acid groups (broad SMARTS) is 1. The van der Waals surface area contributed by atoms with Gasteiger partial charge in [0.2, 0.25) is 5.91 Å². The number of hydrogen-bond donors (Lipinski definition) is 2. The number of halogens is 1. The maximum atomic E-state index is 12.3. The number of carboxylic acids is 1. The Labute approximate surface area is 122 Å². The monoisotopic (exact) mass is 296 g/mol. The molecule has 1 heterocycles. The zero-order valence-electron chi connectivity index (χ0n) is 11.4. The average molecular weight is 297 g/mol. The Morgan fingerprint density at radius 3 is 2.65 bits per heavy atom. The van der Waals surface area contributed by atoms with Crippen LogP contribution in [0.2, 0.25) is 5.15 Å². The molecule has 3 atom stereocenters. The van der Waals surface area contributed by atoms with Crippen LogP contribution >= 0.6 is 11.6 Å². The van der Waals surface area contributed by atoms with Crippen molar-refractivity contribution in [1.82, 2.24) is 4.98 Å². The molecule has 108 valence electrons. The number of carbonyl (C=O) groups excluding carboxylic acids is 1. The molecule has 1 aromatic rings. The highest BCUT2D eigenvalue weighted by atomic mass is 35.5. The van der Waals surface area contributed by atoms with Crippen LogP contribution in [-0.4, -0.2) is 22.0 Å². The minimum atomic E-state index is -0.913. The Hall–Kier alpha value is -1.62. The van der Waals surface area contributed by atoms with Crippen LogP contribution in [0.3, 0.4) is 0 Å². The number of aromatic nitrogens is 1. The van der Waals surface area contributed by atoms with E-state index >= 15 is 0 Å². The molecule has 5 nitrogen and oxygen atoms in total. The normalized spacial score (nSPS) is 25.4. The van der Waals surface area contributed by atoms with Crippen molar-refractivity contribution in [3.63, 3.8) is 0 Å². The third-order valence-electron chi connectivity index (χ3n) is 3.81. The zero-order chi connectivity index (χ0) is 14.9. The van der Waals surface area contributed by atoms with Crippen LogP contribution in [0.15, 0.2) is 12.3 Å². The highest BCUT2D eigenvalue weighted by Crippen LogP contribution is 2.37. The van der Waals surface area contributed by atoms with E-state index in [2.05, 4.69) is 10.3 Å². The summed E-state index contributed by atoms with van der Waals surface area (Å²) in [6.07, 6.45) is 2.68. The predicted molar refractivity (Wildman–Crippen MR) is 75.6 cm³/mol. The van der Waals surface area contributed by atoms with Crippen molar-refractivity contribution in [1.29, 1.82) is 0 Å². The quantitative estimate of drug-likeness (QED) is 0.841. The Bertz CT molecular complexity index is 527. The van der Waals surface area contributed by atoms with Crippen LogP contribution in [0, 0.1) is 24.7 Å². The number of aryl methyl sites for hydroxylation is 1. The number of nitrogens with zero attached hydrogens (tertiary/aromatic N) is 1. The fourth-order valence-electron chi connectivity index (χ4n) is 2.75. The summed E-state index contributed by atoms with van der Waals surface area (Å²) in [7, 11) is 0. The third kappa shape index (κ3) is 2.93. The van der Waals surface area contributed by atoms with Gasteiger partial charge in [-0.3, -0.25) is 9.59 Å². The average Bonchev–Trinajstić information content (AvgIpc) is 2.76.